The minimum atomic E-state index is -0.136. The van der Waals surface area contributed by atoms with Crippen LogP contribution < -0.4 is 5.32 Å². The first-order valence-corrected chi connectivity index (χ1v) is 5.77. The van der Waals surface area contributed by atoms with Gasteiger partial charge in [0.1, 0.15) is 5.82 Å². The summed E-state index contributed by atoms with van der Waals surface area (Å²) in [5.74, 6) is -0.136. The van der Waals surface area contributed by atoms with E-state index in [2.05, 4.69) is 19.2 Å². The molecule has 1 N–H and O–H groups in total. The Morgan fingerprint density at radius 3 is 2.81 bits per heavy atom. The number of aryl methyl sites for hydroxylation is 1. The summed E-state index contributed by atoms with van der Waals surface area (Å²) in [7, 11) is 0. The third kappa shape index (κ3) is 4.15. The molecule has 0 aromatic heterocycles. The fourth-order valence-electron chi connectivity index (χ4n) is 1.50. The first-order chi connectivity index (χ1) is 7.63. The van der Waals surface area contributed by atoms with Gasteiger partial charge < -0.3 is 5.32 Å². The molecule has 1 aromatic carbocycles. The highest BCUT2D eigenvalue weighted by molar-refractivity contribution is 5.53. The molecule has 2 heteroatoms. The first kappa shape index (κ1) is 12.9. The molecule has 16 heavy (non-hydrogen) atoms. The average Bonchev–Trinajstić information content (AvgIpc) is 2.24. The van der Waals surface area contributed by atoms with E-state index < -0.39 is 0 Å². The number of rotatable bonds is 5. The number of halogens is 1. The second-order valence-corrected chi connectivity index (χ2v) is 4.18. The predicted molar refractivity (Wildman–Crippen MR) is 67.9 cm³/mol. The van der Waals surface area contributed by atoms with Gasteiger partial charge in [0.2, 0.25) is 0 Å². The van der Waals surface area contributed by atoms with Crippen molar-refractivity contribution in [2.24, 2.45) is 0 Å². The molecule has 0 unspecified atom stereocenters. The third-order valence-electron chi connectivity index (χ3n) is 2.44. The summed E-state index contributed by atoms with van der Waals surface area (Å²) in [6, 6.07) is 5.34. The zero-order chi connectivity index (χ0) is 12.0. The van der Waals surface area contributed by atoms with Crippen molar-refractivity contribution in [1.82, 2.24) is 5.32 Å². The van der Waals surface area contributed by atoms with Gasteiger partial charge in [-0.25, -0.2) is 4.39 Å². The Morgan fingerprint density at radius 2 is 2.19 bits per heavy atom. The predicted octanol–water partition coefficient (Wildman–Crippen LogP) is 3.54. The molecule has 0 heterocycles. The van der Waals surface area contributed by atoms with Crippen LogP contribution in [-0.2, 0) is 0 Å². The zero-order valence-corrected chi connectivity index (χ0v) is 10.3. The van der Waals surface area contributed by atoms with Crippen LogP contribution in [0, 0.1) is 12.7 Å². The molecule has 0 spiro atoms. The van der Waals surface area contributed by atoms with E-state index in [1.54, 1.807) is 13.0 Å². The van der Waals surface area contributed by atoms with Crippen LogP contribution in [0.3, 0.4) is 0 Å². The molecule has 1 aromatic rings. The molecule has 0 saturated heterocycles. The fraction of sp³-hybridized carbons (Fsp3) is 0.429. The van der Waals surface area contributed by atoms with Gasteiger partial charge in [-0.1, -0.05) is 30.7 Å². The van der Waals surface area contributed by atoms with E-state index in [9.17, 15) is 4.39 Å². The van der Waals surface area contributed by atoms with Crippen molar-refractivity contribution in [3.63, 3.8) is 0 Å². The lowest BCUT2D eigenvalue weighted by atomic mass is 10.1. The number of hydrogen-bond donors (Lipinski definition) is 1. The van der Waals surface area contributed by atoms with Crippen molar-refractivity contribution in [1.29, 1.82) is 0 Å². The molecule has 1 nitrogen and oxygen atoms in total. The summed E-state index contributed by atoms with van der Waals surface area (Å²) >= 11 is 0. The van der Waals surface area contributed by atoms with E-state index in [0.29, 0.717) is 5.56 Å². The Balaban J connectivity index is 2.63. The van der Waals surface area contributed by atoms with E-state index in [0.717, 1.165) is 25.1 Å². The van der Waals surface area contributed by atoms with Crippen LogP contribution in [0.2, 0.25) is 0 Å². The largest absolute Gasteiger partial charge is 0.313 e. The van der Waals surface area contributed by atoms with Gasteiger partial charge in [0.25, 0.3) is 0 Å². The lowest BCUT2D eigenvalue weighted by Gasteiger charge is -2.04. The molecule has 0 saturated carbocycles. The maximum atomic E-state index is 13.3. The van der Waals surface area contributed by atoms with Gasteiger partial charge in [0.15, 0.2) is 0 Å². The Morgan fingerprint density at radius 1 is 1.44 bits per heavy atom. The lowest BCUT2D eigenvalue weighted by molar-refractivity contribution is 0.618. The first-order valence-electron chi connectivity index (χ1n) is 5.77. The van der Waals surface area contributed by atoms with Gasteiger partial charge in [-0.15, -0.1) is 0 Å². The number of hydrogen-bond acceptors (Lipinski definition) is 1. The van der Waals surface area contributed by atoms with Crippen LogP contribution >= 0.6 is 0 Å². The van der Waals surface area contributed by atoms with Crippen molar-refractivity contribution < 1.29 is 4.39 Å². The van der Waals surface area contributed by atoms with Gasteiger partial charge in [0.05, 0.1) is 0 Å². The third-order valence-corrected chi connectivity index (χ3v) is 2.44. The lowest BCUT2D eigenvalue weighted by Crippen LogP contribution is -2.16. The molecule has 0 amide bonds. The SMILES string of the molecule is CCCNCC(C)=Cc1ccc(C)c(F)c1. The standard InChI is InChI=1S/C14H20FN/c1-4-7-16-10-11(2)8-13-6-5-12(3)14(15)9-13/h5-6,8-9,16H,4,7,10H2,1-3H3. The van der Waals surface area contributed by atoms with Gasteiger partial charge in [-0.2, -0.15) is 0 Å². The molecular weight excluding hydrogens is 201 g/mol. The highest BCUT2D eigenvalue weighted by atomic mass is 19.1. The van der Waals surface area contributed by atoms with Gasteiger partial charge >= 0.3 is 0 Å². The topological polar surface area (TPSA) is 12.0 Å². The summed E-state index contributed by atoms with van der Waals surface area (Å²) in [6.07, 6.45) is 3.15. The molecule has 0 aliphatic heterocycles. The van der Waals surface area contributed by atoms with Crippen LogP contribution in [0.15, 0.2) is 23.8 Å². The monoisotopic (exact) mass is 221 g/mol. The van der Waals surface area contributed by atoms with Gasteiger partial charge in [-0.05, 0) is 44.0 Å². The van der Waals surface area contributed by atoms with Gasteiger partial charge in [-0.3, -0.25) is 0 Å². The molecule has 0 aliphatic rings. The Bertz CT molecular complexity index is 369. The molecule has 88 valence electrons. The molecule has 0 fully saturated rings. The maximum absolute atomic E-state index is 13.3. The highest BCUT2D eigenvalue weighted by Crippen LogP contribution is 2.12. The maximum Gasteiger partial charge on any atom is 0.126 e. The number of benzene rings is 1. The summed E-state index contributed by atoms with van der Waals surface area (Å²) in [5, 5.41) is 3.32. The van der Waals surface area contributed by atoms with Crippen molar-refractivity contribution in [3.8, 4) is 0 Å². The zero-order valence-electron chi connectivity index (χ0n) is 10.3. The van der Waals surface area contributed by atoms with Crippen LogP contribution in [0.25, 0.3) is 6.08 Å². The Kier molecular flexibility index (Phi) is 5.20. The minimum Gasteiger partial charge on any atom is -0.313 e. The van der Waals surface area contributed by atoms with Crippen LogP contribution in [0.1, 0.15) is 31.4 Å². The smallest absolute Gasteiger partial charge is 0.126 e. The summed E-state index contributed by atoms with van der Waals surface area (Å²) < 4.78 is 13.3. The van der Waals surface area contributed by atoms with Crippen LogP contribution in [-0.4, -0.2) is 13.1 Å². The molecule has 1 rings (SSSR count). The quantitative estimate of drug-likeness (QED) is 0.750. The fourth-order valence-corrected chi connectivity index (χ4v) is 1.50. The molecule has 0 aliphatic carbocycles. The van der Waals surface area contributed by atoms with Crippen molar-refractivity contribution in [2.45, 2.75) is 27.2 Å². The Labute approximate surface area is 97.4 Å². The summed E-state index contributed by atoms with van der Waals surface area (Å²) in [6.45, 7) is 7.86. The van der Waals surface area contributed by atoms with E-state index in [4.69, 9.17) is 0 Å². The van der Waals surface area contributed by atoms with E-state index in [1.807, 2.05) is 18.2 Å². The summed E-state index contributed by atoms with van der Waals surface area (Å²) in [5.41, 5.74) is 2.84. The van der Waals surface area contributed by atoms with Crippen molar-refractivity contribution >= 4 is 6.08 Å². The molecule has 0 radical (unpaired) electrons. The van der Waals surface area contributed by atoms with Crippen LogP contribution in [0.5, 0.6) is 0 Å². The second kappa shape index (κ2) is 6.44. The van der Waals surface area contributed by atoms with Gasteiger partial charge in [0, 0.05) is 6.54 Å². The normalized spacial score (nSPS) is 11.9. The van der Waals surface area contributed by atoms with Crippen molar-refractivity contribution in [3.05, 3.63) is 40.7 Å². The summed E-state index contributed by atoms with van der Waals surface area (Å²) in [4.78, 5) is 0. The van der Waals surface area contributed by atoms with E-state index in [1.165, 1.54) is 5.57 Å². The van der Waals surface area contributed by atoms with E-state index >= 15 is 0 Å². The molecule has 0 atom stereocenters. The Hall–Kier alpha value is -1.15. The molecular formula is C14H20FN. The molecule has 0 bridgehead atoms. The minimum absolute atomic E-state index is 0.136. The van der Waals surface area contributed by atoms with Crippen LogP contribution in [0.4, 0.5) is 4.39 Å². The average molecular weight is 221 g/mol. The highest BCUT2D eigenvalue weighted by Gasteiger charge is 1.97. The number of nitrogens with one attached hydrogen (secondary N) is 1. The van der Waals surface area contributed by atoms with Crippen molar-refractivity contribution in [2.75, 3.05) is 13.1 Å². The second-order valence-electron chi connectivity index (χ2n) is 4.18. The van der Waals surface area contributed by atoms with E-state index in [-0.39, 0.29) is 5.82 Å².